The minimum absolute atomic E-state index is 0.00251. The molecule has 3 aromatic carbocycles. The van der Waals surface area contributed by atoms with Crippen LogP contribution in [0.1, 0.15) is 38.9 Å². The first-order chi connectivity index (χ1) is 13.5. The molecule has 3 aromatic rings. The average molecular weight is 400 g/mol. The highest BCUT2D eigenvalue weighted by molar-refractivity contribution is 5.57. The number of hydrogen-bond acceptors (Lipinski definition) is 2. The number of phenols is 2. The molecule has 2 N–H and O–H groups in total. The minimum Gasteiger partial charge on any atom is -0.508 e. The molecule has 29 heavy (non-hydrogen) atoms. The maximum atomic E-state index is 15.0. The molecule has 0 aliphatic carbocycles. The number of aryl methyl sites for hydroxylation is 4. The number of halogens is 3. The molecule has 0 aliphatic heterocycles. The van der Waals surface area contributed by atoms with Gasteiger partial charge in [-0.2, -0.15) is 13.2 Å². The highest BCUT2D eigenvalue weighted by atomic mass is 19.4. The second-order valence-electron chi connectivity index (χ2n) is 7.63. The van der Waals surface area contributed by atoms with E-state index in [1.54, 1.807) is 39.8 Å². The lowest BCUT2D eigenvalue weighted by atomic mass is 9.67. The van der Waals surface area contributed by atoms with E-state index in [-0.39, 0.29) is 28.2 Å². The zero-order valence-corrected chi connectivity index (χ0v) is 16.7. The summed E-state index contributed by atoms with van der Waals surface area (Å²) in [6.45, 7) is 6.71. The van der Waals surface area contributed by atoms with E-state index in [4.69, 9.17) is 0 Å². The standard InChI is InChI=1S/C24H23F3O2/c1-14-9-15(2)11-19(10-14)23(24(25,26)27,18-5-7-21(28)8-6-18)20-12-16(3)22(29)17(4)13-20/h5-13,28-29H,1-4H3. The van der Waals surface area contributed by atoms with Gasteiger partial charge in [0.1, 0.15) is 16.9 Å². The molecule has 3 rings (SSSR count). The van der Waals surface area contributed by atoms with Crippen LogP contribution in [0, 0.1) is 27.7 Å². The van der Waals surface area contributed by atoms with Gasteiger partial charge in [-0.05, 0) is 67.6 Å². The van der Waals surface area contributed by atoms with Crippen molar-refractivity contribution >= 4 is 0 Å². The van der Waals surface area contributed by atoms with Gasteiger partial charge in [0.2, 0.25) is 0 Å². The lowest BCUT2D eigenvalue weighted by molar-refractivity contribution is -0.166. The molecule has 0 aromatic heterocycles. The Balaban J connectivity index is 2.52. The third kappa shape index (κ3) is 3.46. The maximum absolute atomic E-state index is 15.0. The average Bonchev–Trinajstić information content (AvgIpc) is 2.59. The van der Waals surface area contributed by atoms with Gasteiger partial charge in [-0.3, -0.25) is 0 Å². The molecule has 2 nitrogen and oxygen atoms in total. The topological polar surface area (TPSA) is 40.5 Å². The Labute approximate surface area is 168 Å². The summed E-state index contributed by atoms with van der Waals surface area (Å²) in [5.74, 6) is -0.126. The quantitative estimate of drug-likeness (QED) is 0.512. The Kier molecular flexibility index (Phi) is 5.11. The zero-order valence-electron chi connectivity index (χ0n) is 16.7. The summed E-state index contributed by atoms with van der Waals surface area (Å²) in [4.78, 5) is 0. The molecule has 0 radical (unpaired) electrons. The van der Waals surface area contributed by atoms with Crippen molar-refractivity contribution in [3.63, 3.8) is 0 Å². The highest BCUT2D eigenvalue weighted by Gasteiger charge is 2.58. The Morgan fingerprint density at radius 3 is 1.52 bits per heavy atom. The fourth-order valence-electron chi connectivity index (χ4n) is 4.07. The second kappa shape index (κ2) is 7.14. The van der Waals surface area contributed by atoms with Crippen molar-refractivity contribution in [3.8, 4) is 11.5 Å². The van der Waals surface area contributed by atoms with Gasteiger partial charge in [0, 0.05) is 0 Å². The van der Waals surface area contributed by atoms with Crippen LogP contribution < -0.4 is 0 Å². The predicted octanol–water partition coefficient (Wildman–Crippen LogP) is 6.23. The normalized spacial score (nSPS) is 13.9. The van der Waals surface area contributed by atoms with Crippen molar-refractivity contribution in [1.82, 2.24) is 0 Å². The van der Waals surface area contributed by atoms with Gasteiger partial charge in [0.05, 0.1) is 0 Å². The molecule has 0 heterocycles. The molecule has 0 saturated carbocycles. The van der Waals surface area contributed by atoms with Gasteiger partial charge in [-0.1, -0.05) is 53.6 Å². The molecule has 0 aliphatic rings. The van der Waals surface area contributed by atoms with Crippen molar-refractivity contribution in [2.45, 2.75) is 39.3 Å². The van der Waals surface area contributed by atoms with Crippen molar-refractivity contribution in [2.75, 3.05) is 0 Å². The van der Waals surface area contributed by atoms with E-state index >= 15 is 13.2 Å². The summed E-state index contributed by atoms with van der Waals surface area (Å²) in [5.41, 5.74) is -0.156. The fraction of sp³-hybridized carbons (Fsp3) is 0.250. The summed E-state index contributed by atoms with van der Waals surface area (Å²) in [5, 5.41) is 19.8. The number of benzene rings is 3. The lowest BCUT2D eigenvalue weighted by Gasteiger charge is -2.38. The van der Waals surface area contributed by atoms with Gasteiger partial charge in [0.25, 0.3) is 0 Å². The molecule has 152 valence electrons. The number of alkyl halides is 3. The highest BCUT2D eigenvalue weighted by Crippen LogP contribution is 2.52. The van der Waals surface area contributed by atoms with Gasteiger partial charge >= 0.3 is 6.18 Å². The van der Waals surface area contributed by atoms with Crippen molar-refractivity contribution in [2.24, 2.45) is 0 Å². The van der Waals surface area contributed by atoms with Crippen LogP contribution in [0.15, 0.2) is 54.6 Å². The summed E-state index contributed by atoms with van der Waals surface area (Å²) in [6, 6.07) is 12.8. The Hall–Kier alpha value is -2.95. The third-order valence-electron chi connectivity index (χ3n) is 5.30. The van der Waals surface area contributed by atoms with Gasteiger partial charge in [0.15, 0.2) is 0 Å². The van der Waals surface area contributed by atoms with Crippen LogP contribution in [0.25, 0.3) is 0 Å². The van der Waals surface area contributed by atoms with E-state index in [1.165, 1.54) is 36.4 Å². The Morgan fingerprint density at radius 1 is 0.621 bits per heavy atom. The lowest BCUT2D eigenvalue weighted by Crippen LogP contribution is -2.44. The van der Waals surface area contributed by atoms with E-state index in [0.29, 0.717) is 11.1 Å². The molecule has 0 fully saturated rings. The molecule has 1 unspecified atom stereocenters. The summed E-state index contributed by atoms with van der Waals surface area (Å²) < 4.78 is 45.1. The SMILES string of the molecule is Cc1cc(C)cc(C(c2ccc(O)cc2)(c2cc(C)c(O)c(C)c2)C(F)(F)F)c1. The first-order valence-electron chi connectivity index (χ1n) is 9.22. The summed E-state index contributed by atoms with van der Waals surface area (Å²) in [7, 11) is 0. The largest absolute Gasteiger partial charge is 0.508 e. The van der Waals surface area contributed by atoms with Gasteiger partial charge in [-0.25, -0.2) is 0 Å². The molecule has 0 bridgehead atoms. The third-order valence-corrected chi connectivity index (χ3v) is 5.30. The van der Waals surface area contributed by atoms with E-state index in [9.17, 15) is 10.2 Å². The van der Waals surface area contributed by atoms with Gasteiger partial charge < -0.3 is 10.2 Å². The first kappa shape index (κ1) is 20.8. The van der Waals surface area contributed by atoms with E-state index in [0.717, 1.165) is 11.1 Å². The number of hydrogen-bond donors (Lipinski definition) is 2. The second-order valence-corrected chi connectivity index (χ2v) is 7.63. The van der Waals surface area contributed by atoms with E-state index in [1.807, 2.05) is 6.07 Å². The van der Waals surface area contributed by atoms with E-state index < -0.39 is 11.6 Å². The van der Waals surface area contributed by atoms with Gasteiger partial charge in [-0.15, -0.1) is 0 Å². The molecule has 0 amide bonds. The molecule has 0 saturated heterocycles. The van der Waals surface area contributed by atoms with Crippen LogP contribution in [0.5, 0.6) is 11.5 Å². The fourth-order valence-corrected chi connectivity index (χ4v) is 4.07. The number of rotatable bonds is 3. The summed E-state index contributed by atoms with van der Waals surface area (Å²) >= 11 is 0. The minimum atomic E-state index is -4.68. The van der Waals surface area contributed by atoms with Crippen molar-refractivity contribution < 1.29 is 23.4 Å². The van der Waals surface area contributed by atoms with Crippen molar-refractivity contribution in [3.05, 3.63) is 93.5 Å². The summed E-state index contributed by atoms with van der Waals surface area (Å²) in [6.07, 6.45) is -4.68. The van der Waals surface area contributed by atoms with E-state index in [2.05, 4.69) is 0 Å². The molecule has 0 spiro atoms. The Morgan fingerprint density at radius 2 is 1.07 bits per heavy atom. The number of aromatic hydroxyl groups is 2. The molecular formula is C24H23F3O2. The first-order valence-corrected chi connectivity index (χ1v) is 9.22. The Bertz CT molecular complexity index is 1010. The van der Waals surface area contributed by atoms with Crippen LogP contribution in [-0.2, 0) is 5.41 Å². The number of phenolic OH excluding ortho intramolecular Hbond substituents is 2. The van der Waals surface area contributed by atoms with Crippen LogP contribution in [0.2, 0.25) is 0 Å². The molecule has 1 atom stereocenters. The van der Waals surface area contributed by atoms with Crippen molar-refractivity contribution in [1.29, 1.82) is 0 Å². The predicted molar refractivity (Wildman–Crippen MR) is 108 cm³/mol. The van der Waals surface area contributed by atoms with Crippen LogP contribution in [-0.4, -0.2) is 16.4 Å². The molecular weight excluding hydrogens is 377 g/mol. The zero-order chi connectivity index (χ0) is 21.6. The van der Waals surface area contributed by atoms with Crippen LogP contribution in [0.3, 0.4) is 0 Å². The maximum Gasteiger partial charge on any atom is 0.406 e. The van der Waals surface area contributed by atoms with Crippen LogP contribution >= 0.6 is 0 Å². The monoisotopic (exact) mass is 400 g/mol. The van der Waals surface area contributed by atoms with Crippen LogP contribution in [0.4, 0.5) is 13.2 Å². The smallest absolute Gasteiger partial charge is 0.406 e. The molecule has 5 heteroatoms.